The van der Waals surface area contributed by atoms with E-state index in [9.17, 15) is 8.76 Å². The van der Waals surface area contributed by atoms with Crippen molar-refractivity contribution in [1.29, 1.82) is 0 Å². The van der Waals surface area contributed by atoms with Crippen LogP contribution in [-0.4, -0.2) is 8.76 Å². The molecule has 68 valence electrons. The first-order valence-electron chi connectivity index (χ1n) is 3.60. The molecule has 0 saturated carbocycles. The molecular weight excluding hydrogens is 186 g/mol. The Morgan fingerprint density at radius 1 is 1.46 bits per heavy atom. The molecule has 0 radical (unpaired) electrons. The lowest BCUT2D eigenvalue weighted by atomic mass is 10.1. The minimum absolute atomic E-state index is 0.293. The molecule has 0 aromatic heterocycles. The molecular formula is C9H8NO2S-. The van der Waals surface area contributed by atoms with Gasteiger partial charge in [-0.2, -0.15) is 0 Å². The largest absolute Gasteiger partial charge is 0.760 e. The van der Waals surface area contributed by atoms with Crippen LogP contribution in [0.5, 0.6) is 0 Å². The van der Waals surface area contributed by atoms with E-state index < -0.39 is 11.3 Å². The number of nitrogens with one attached hydrogen (secondary N) is 1. The predicted molar refractivity (Wildman–Crippen MR) is 50.1 cm³/mol. The summed E-state index contributed by atoms with van der Waals surface area (Å²) in [7, 11) is 0. The molecule has 1 aromatic carbocycles. The zero-order valence-electron chi connectivity index (χ0n) is 6.82. The molecule has 0 bridgehead atoms. The summed E-state index contributed by atoms with van der Waals surface area (Å²) in [6, 6.07) is 7.11. The second-order valence-corrected chi connectivity index (χ2v) is 3.16. The molecule has 0 heterocycles. The monoisotopic (exact) mass is 194 g/mol. The van der Waals surface area contributed by atoms with Gasteiger partial charge in [0.05, 0.1) is 0 Å². The van der Waals surface area contributed by atoms with Gasteiger partial charge in [-0.25, -0.2) is 4.72 Å². The smallest absolute Gasteiger partial charge is 0.0322 e. The third-order valence-electron chi connectivity index (χ3n) is 1.51. The number of benzene rings is 1. The third-order valence-corrected chi connectivity index (χ3v) is 1.89. The highest BCUT2D eigenvalue weighted by Crippen LogP contribution is 2.02. The van der Waals surface area contributed by atoms with Crippen LogP contribution in [0.15, 0.2) is 24.3 Å². The quantitative estimate of drug-likeness (QED) is 0.564. The SMILES string of the molecule is C#Cc1ccc(CNS(=O)[O-])cc1. The summed E-state index contributed by atoms with van der Waals surface area (Å²) in [6.45, 7) is 0.293. The maximum atomic E-state index is 10.2. The second-order valence-electron chi connectivity index (χ2n) is 2.40. The van der Waals surface area contributed by atoms with Crippen molar-refractivity contribution in [2.75, 3.05) is 0 Å². The minimum atomic E-state index is -2.21. The zero-order valence-corrected chi connectivity index (χ0v) is 7.64. The molecule has 0 aliphatic rings. The average Bonchev–Trinajstić information content (AvgIpc) is 2.15. The van der Waals surface area contributed by atoms with E-state index in [-0.39, 0.29) is 0 Å². The van der Waals surface area contributed by atoms with Crippen LogP contribution >= 0.6 is 0 Å². The Morgan fingerprint density at radius 2 is 2.08 bits per heavy atom. The first-order valence-corrected chi connectivity index (χ1v) is 4.68. The van der Waals surface area contributed by atoms with Gasteiger partial charge in [-0.15, -0.1) is 6.42 Å². The van der Waals surface area contributed by atoms with Gasteiger partial charge in [-0.05, 0) is 17.7 Å². The standard InChI is InChI=1S/C9H9NO2S/c1-2-8-3-5-9(6-4-8)7-10-13(11)12/h1,3-6,10H,7H2,(H,11,12)/p-1. The molecule has 1 N–H and O–H groups in total. The summed E-state index contributed by atoms with van der Waals surface area (Å²) in [4.78, 5) is 0. The van der Waals surface area contributed by atoms with Crippen LogP contribution in [0.2, 0.25) is 0 Å². The molecule has 1 unspecified atom stereocenters. The minimum Gasteiger partial charge on any atom is -0.760 e. The molecule has 0 fully saturated rings. The van der Waals surface area contributed by atoms with E-state index in [0.29, 0.717) is 6.54 Å². The maximum Gasteiger partial charge on any atom is 0.0322 e. The second kappa shape index (κ2) is 4.77. The van der Waals surface area contributed by atoms with Crippen LogP contribution in [0.3, 0.4) is 0 Å². The lowest BCUT2D eigenvalue weighted by molar-refractivity contribution is 0.522. The van der Waals surface area contributed by atoms with Crippen molar-refractivity contribution in [2.45, 2.75) is 6.54 Å². The van der Waals surface area contributed by atoms with Crippen molar-refractivity contribution in [1.82, 2.24) is 4.72 Å². The molecule has 13 heavy (non-hydrogen) atoms. The van der Waals surface area contributed by atoms with Crippen molar-refractivity contribution in [3.8, 4) is 12.3 Å². The molecule has 4 heteroatoms. The Morgan fingerprint density at radius 3 is 2.54 bits per heavy atom. The van der Waals surface area contributed by atoms with E-state index in [0.717, 1.165) is 11.1 Å². The Balaban J connectivity index is 2.60. The molecule has 0 saturated heterocycles. The van der Waals surface area contributed by atoms with Crippen LogP contribution in [0, 0.1) is 12.3 Å². The fraction of sp³-hybridized carbons (Fsp3) is 0.111. The van der Waals surface area contributed by atoms with Gasteiger partial charge >= 0.3 is 0 Å². The van der Waals surface area contributed by atoms with Crippen LogP contribution < -0.4 is 4.72 Å². The fourth-order valence-electron chi connectivity index (χ4n) is 0.861. The van der Waals surface area contributed by atoms with Gasteiger partial charge in [0.2, 0.25) is 0 Å². The summed E-state index contributed by atoms with van der Waals surface area (Å²) >= 11 is -2.21. The van der Waals surface area contributed by atoms with Crippen molar-refractivity contribution >= 4 is 11.3 Å². The van der Waals surface area contributed by atoms with E-state index >= 15 is 0 Å². The Hall–Kier alpha value is -1.15. The molecule has 0 aliphatic heterocycles. The van der Waals surface area contributed by atoms with Crippen molar-refractivity contribution in [2.24, 2.45) is 0 Å². The Labute approximate surface area is 79.6 Å². The van der Waals surface area contributed by atoms with Crippen molar-refractivity contribution < 1.29 is 8.76 Å². The van der Waals surface area contributed by atoms with Gasteiger partial charge in [0.1, 0.15) is 0 Å². The van der Waals surface area contributed by atoms with E-state index in [2.05, 4.69) is 10.6 Å². The summed E-state index contributed by atoms with van der Waals surface area (Å²) in [5.41, 5.74) is 1.66. The van der Waals surface area contributed by atoms with Gasteiger partial charge < -0.3 is 4.55 Å². The van der Waals surface area contributed by atoms with E-state index in [4.69, 9.17) is 6.42 Å². The Kier molecular flexibility index (Phi) is 3.65. The van der Waals surface area contributed by atoms with Gasteiger partial charge in [0.15, 0.2) is 0 Å². The molecule has 3 nitrogen and oxygen atoms in total. The lowest BCUT2D eigenvalue weighted by Crippen LogP contribution is -2.15. The van der Waals surface area contributed by atoms with E-state index in [1.165, 1.54) is 0 Å². The van der Waals surface area contributed by atoms with Gasteiger partial charge in [0.25, 0.3) is 0 Å². The summed E-state index contributed by atoms with van der Waals surface area (Å²) in [5.74, 6) is 2.48. The number of terminal acetylenes is 1. The number of hydrogen-bond donors (Lipinski definition) is 1. The van der Waals surface area contributed by atoms with Crippen LogP contribution in [0.25, 0.3) is 0 Å². The van der Waals surface area contributed by atoms with Gasteiger partial charge in [-0.3, -0.25) is 4.21 Å². The molecule has 0 aliphatic carbocycles. The summed E-state index contributed by atoms with van der Waals surface area (Å²) < 4.78 is 22.6. The highest BCUT2D eigenvalue weighted by molar-refractivity contribution is 7.77. The number of rotatable bonds is 3. The summed E-state index contributed by atoms with van der Waals surface area (Å²) in [5, 5.41) is 0. The first kappa shape index (κ1) is 9.93. The normalized spacial score (nSPS) is 12.0. The highest BCUT2D eigenvalue weighted by atomic mass is 32.2. The lowest BCUT2D eigenvalue weighted by Gasteiger charge is -2.06. The molecule has 1 atom stereocenters. The predicted octanol–water partition coefficient (Wildman–Crippen LogP) is 0.552. The first-order chi connectivity index (χ1) is 6.22. The van der Waals surface area contributed by atoms with Crippen LogP contribution in [-0.2, 0) is 17.8 Å². The zero-order chi connectivity index (χ0) is 9.68. The van der Waals surface area contributed by atoms with Crippen molar-refractivity contribution in [3.05, 3.63) is 35.4 Å². The van der Waals surface area contributed by atoms with E-state index in [1.807, 2.05) is 0 Å². The maximum absolute atomic E-state index is 10.2. The average molecular weight is 194 g/mol. The van der Waals surface area contributed by atoms with Crippen LogP contribution in [0.4, 0.5) is 0 Å². The fourth-order valence-corrected chi connectivity index (χ4v) is 1.15. The molecule has 0 spiro atoms. The van der Waals surface area contributed by atoms with Crippen LogP contribution in [0.1, 0.15) is 11.1 Å². The van der Waals surface area contributed by atoms with Gasteiger partial charge in [0, 0.05) is 23.4 Å². The Bertz CT molecular complexity index is 340. The third kappa shape index (κ3) is 3.38. The summed E-state index contributed by atoms with van der Waals surface area (Å²) in [6.07, 6.45) is 5.16. The molecule has 1 rings (SSSR count). The van der Waals surface area contributed by atoms with Crippen molar-refractivity contribution in [3.63, 3.8) is 0 Å². The van der Waals surface area contributed by atoms with E-state index in [1.54, 1.807) is 24.3 Å². The highest BCUT2D eigenvalue weighted by Gasteiger charge is 1.91. The number of hydrogen-bond acceptors (Lipinski definition) is 2. The molecule has 0 amide bonds. The topological polar surface area (TPSA) is 52.2 Å². The van der Waals surface area contributed by atoms with Gasteiger partial charge in [-0.1, -0.05) is 18.1 Å². The molecule has 1 aromatic rings.